The first-order valence-electron chi connectivity index (χ1n) is 6.51. The monoisotopic (exact) mass is 294 g/mol. The topological polar surface area (TPSA) is 86.1 Å². The lowest BCUT2D eigenvalue weighted by Gasteiger charge is -2.35. The van der Waals surface area contributed by atoms with Gasteiger partial charge in [-0.1, -0.05) is 0 Å². The van der Waals surface area contributed by atoms with Crippen molar-refractivity contribution in [3.05, 3.63) is 24.0 Å². The Labute approximate surface area is 119 Å². The fourth-order valence-corrected chi connectivity index (χ4v) is 3.52. The molecule has 108 valence electrons. The van der Waals surface area contributed by atoms with E-state index < -0.39 is 10.0 Å². The summed E-state index contributed by atoms with van der Waals surface area (Å²) in [7, 11) is -1.52. The molecule has 0 aliphatic carbocycles. The van der Waals surface area contributed by atoms with Gasteiger partial charge in [0.1, 0.15) is 16.7 Å². The Hall–Kier alpha value is -1.49. The highest BCUT2D eigenvalue weighted by molar-refractivity contribution is 7.89. The quantitative estimate of drug-likeness (QED) is 0.887. The average Bonchev–Trinajstić information content (AvgIpc) is 2.43. The van der Waals surface area contributed by atoms with Crippen LogP contribution in [0.25, 0.3) is 0 Å². The molecule has 0 bridgehead atoms. The fraction of sp³-hybridized carbons (Fsp3) is 0.538. The van der Waals surface area contributed by atoms with E-state index in [9.17, 15) is 8.42 Å². The molecule has 20 heavy (non-hydrogen) atoms. The second-order valence-corrected chi connectivity index (χ2v) is 6.88. The number of piperidine rings is 1. The number of nitrogens with one attached hydrogen (secondary N) is 1. The number of pyridine rings is 1. The molecule has 6 nitrogen and oxygen atoms in total. The smallest absolute Gasteiger partial charge is 0.242 e. The van der Waals surface area contributed by atoms with E-state index in [1.807, 2.05) is 13.1 Å². The Morgan fingerprint density at radius 3 is 2.80 bits per heavy atom. The molecule has 1 aromatic rings. The third kappa shape index (κ3) is 3.33. The molecule has 1 aromatic heterocycles. The van der Waals surface area contributed by atoms with Crippen LogP contribution in [0.1, 0.15) is 25.5 Å². The molecule has 0 saturated carbocycles. The van der Waals surface area contributed by atoms with E-state index in [1.165, 1.54) is 18.3 Å². The van der Waals surface area contributed by atoms with Crippen molar-refractivity contribution >= 4 is 10.0 Å². The summed E-state index contributed by atoms with van der Waals surface area (Å²) in [5.74, 6) is 0. The first-order valence-corrected chi connectivity index (χ1v) is 7.99. The van der Waals surface area contributed by atoms with Gasteiger partial charge in [-0.3, -0.25) is 0 Å². The largest absolute Gasteiger partial charge is 0.304 e. The molecular weight excluding hydrogens is 276 g/mol. The second kappa shape index (κ2) is 5.87. The molecule has 1 fully saturated rings. The zero-order valence-corrected chi connectivity index (χ0v) is 12.4. The zero-order chi connectivity index (χ0) is 14.8. The normalized spacial score (nSPS) is 24.2. The van der Waals surface area contributed by atoms with Crippen molar-refractivity contribution in [3.8, 4) is 6.07 Å². The summed E-state index contributed by atoms with van der Waals surface area (Å²) < 4.78 is 27.2. The molecule has 1 saturated heterocycles. The van der Waals surface area contributed by atoms with Crippen LogP contribution < -0.4 is 4.72 Å². The molecule has 2 rings (SSSR count). The van der Waals surface area contributed by atoms with E-state index >= 15 is 0 Å². The van der Waals surface area contributed by atoms with Gasteiger partial charge in [-0.15, -0.1) is 0 Å². The number of hydrogen-bond acceptors (Lipinski definition) is 5. The summed E-state index contributed by atoms with van der Waals surface area (Å²) >= 11 is 0. The summed E-state index contributed by atoms with van der Waals surface area (Å²) in [6.45, 7) is 2.96. The maximum atomic E-state index is 12.2. The van der Waals surface area contributed by atoms with E-state index in [4.69, 9.17) is 5.26 Å². The summed E-state index contributed by atoms with van der Waals surface area (Å²) in [6, 6.07) is 4.99. The molecule has 0 aromatic carbocycles. The Kier molecular flexibility index (Phi) is 4.38. The van der Waals surface area contributed by atoms with Crippen LogP contribution in [0.4, 0.5) is 0 Å². The third-order valence-corrected chi connectivity index (χ3v) is 5.20. The van der Waals surface area contributed by atoms with Crippen molar-refractivity contribution in [2.24, 2.45) is 0 Å². The van der Waals surface area contributed by atoms with Gasteiger partial charge in [0.05, 0.1) is 0 Å². The average molecular weight is 294 g/mol. The van der Waals surface area contributed by atoms with Gasteiger partial charge < -0.3 is 4.90 Å². The highest BCUT2D eigenvalue weighted by Gasteiger charge is 2.27. The van der Waals surface area contributed by atoms with E-state index in [1.54, 1.807) is 0 Å². The van der Waals surface area contributed by atoms with Crippen molar-refractivity contribution in [1.29, 1.82) is 5.26 Å². The maximum Gasteiger partial charge on any atom is 0.242 e. The van der Waals surface area contributed by atoms with E-state index in [-0.39, 0.29) is 16.6 Å². The van der Waals surface area contributed by atoms with Crippen LogP contribution in [-0.2, 0) is 10.0 Å². The van der Waals surface area contributed by atoms with Gasteiger partial charge in [-0.25, -0.2) is 18.1 Å². The van der Waals surface area contributed by atoms with E-state index in [0.29, 0.717) is 6.04 Å². The first kappa shape index (κ1) is 14.9. The standard InChI is InChI=1S/C13H18N4O2S/c1-10-7-11(5-6-17(10)2)16-20(18,19)13-4-3-12(8-14)15-9-13/h3-4,9-11,16H,5-7H2,1-2H3. The van der Waals surface area contributed by atoms with Crippen molar-refractivity contribution in [3.63, 3.8) is 0 Å². The van der Waals surface area contributed by atoms with Crippen LogP contribution in [-0.4, -0.2) is 44.0 Å². The predicted octanol–water partition coefficient (Wildman–Crippen LogP) is 0.714. The molecule has 1 aliphatic heterocycles. The SMILES string of the molecule is CC1CC(NS(=O)(=O)c2ccc(C#N)nc2)CCN1C. The van der Waals surface area contributed by atoms with Crippen LogP contribution in [0.15, 0.2) is 23.2 Å². The summed E-state index contributed by atoms with van der Waals surface area (Å²) in [5.41, 5.74) is 0.205. The number of nitrogens with zero attached hydrogens (tertiary/aromatic N) is 3. The van der Waals surface area contributed by atoms with Gasteiger partial charge in [-0.05, 0) is 45.5 Å². The van der Waals surface area contributed by atoms with E-state index in [0.717, 1.165) is 19.4 Å². The van der Waals surface area contributed by atoms with Crippen molar-refractivity contribution in [2.75, 3.05) is 13.6 Å². The lowest BCUT2D eigenvalue weighted by atomic mass is 10.0. The molecule has 0 amide bonds. The molecule has 2 unspecified atom stereocenters. The molecule has 1 aliphatic rings. The number of likely N-dealkylation sites (tertiary alicyclic amines) is 1. The minimum atomic E-state index is -3.57. The zero-order valence-electron chi connectivity index (χ0n) is 11.6. The van der Waals surface area contributed by atoms with Crippen LogP contribution in [0, 0.1) is 11.3 Å². The maximum absolute atomic E-state index is 12.2. The van der Waals surface area contributed by atoms with Crippen LogP contribution in [0.5, 0.6) is 0 Å². The summed E-state index contributed by atoms with van der Waals surface area (Å²) in [4.78, 5) is 6.11. The fourth-order valence-electron chi connectivity index (χ4n) is 2.29. The molecule has 2 atom stereocenters. The Bertz CT molecular complexity index is 606. The van der Waals surface area contributed by atoms with Gasteiger partial charge in [0, 0.05) is 18.3 Å². The Morgan fingerprint density at radius 1 is 1.50 bits per heavy atom. The van der Waals surface area contributed by atoms with Gasteiger partial charge >= 0.3 is 0 Å². The Balaban J connectivity index is 2.09. The molecule has 7 heteroatoms. The van der Waals surface area contributed by atoms with Gasteiger partial charge in [0.2, 0.25) is 10.0 Å². The summed E-state index contributed by atoms with van der Waals surface area (Å²) in [5, 5.41) is 8.66. The molecule has 2 heterocycles. The van der Waals surface area contributed by atoms with Crippen LogP contribution >= 0.6 is 0 Å². The lowest BCUT2D eigenvalue weighted by molar-refractivity contribution is 0.178. The highest BCUT2D eigenvalue weighted by Crippen LogP contribution is 2.18. The number of aromatic nitrogens is 1. The molecule has 1 N–H and O–H groups in total. The minimum absolute atomic E-state index is 0.0538. The number of hydrogen-bond donors (Lipinski definition) is 1. The number of sulfonamides is 1. The van der Waals surface area contributed by atoms with Crippen molar-refractivity contribution in [1.82, 2.24) is 14.6 Å². The number of rotatable bonds is 3. The highest BCUT2D eigenvalue weighted by atomic mass is 32.2. The van der Waals surface area contributed by atoms with Gasteiger partial charge in [-0.2, -0.15) is 5.26 Å². The minimum Gasteiger partial charge on any atom is -0.304 e. The predicted molar refractivity (Wildman–Crippen MR) is 74.4 cm³/mol. The van der Waals surface area contributed by atoms with E-state index in [2.05, 4.69) is 21.5 Å². The number of nitriles is 1. The van der Waals surface area contributed by atoms with Crippen molar-refractivity contribution < 1.29 is 8.42 Å². The van der Waals surface area contributed by atoms with Crippen LogP contribution in [0.3, 0.4) is 0 Å². The molecule has 0 radical (unpaired) electrons. The molecule has 0 spiro atoms. The lowest BCUT2D eigenvalue weighted by Crippen LogP contribution is -2.47. The van der Waals surface area contributed by atoms with Gasteiger partial charge in [0.25, 0.3) is 0 Å². The Morgan fingerprint density at radius 2 is 2.25 bits per heavy atom. The third-order valence-electron chi connectivity index (χ3n) is 3.69. The molecular formula is C13H18N4O2S. The van der Waals surface area contributed by atoms with Crippen LogP contribution in [0.2, 0.25) is 0 Å². The second-order valence-electron chi connectivity index (χ2n) is 5.16. The summed E-state index contributed by atoms with van der Waals surface area (Å²) in [6.07, 6.45) is 2.81. The first-order chi connectivity index (χ1) is 9.42. The van der Waals surface area contributed by atoms with Gasteiger partial charge in [0.15, 0.2) is 0 Å². The van der Waals surface area contributed by atoms with Crippen molar-refractivity contribution in [2.45, 2.75) is 36.7 Å².